The summed E-state index contributed by atoms with van der Waals surface area (Å²) in [5.74, 6) is 0. The minimum absolute atomic E-state index is 0.390. The van der Waals surface area contributed by atoms with Crippen LogP contribution in [0, 0.1) is 6.92 Å². The van der Waals surface area contributed by atoms with Gasteiger partial charge in [-0.1, -0.05) is 23.7 Å². The second-order valence-corrected chi connectivity index (χ2v) is 3.71. The van der Waals surface area contributed by atoms with Crippen LogP contribution in [-0.2, 0) is 0 Å². The molecule has 3 rings (SSSR count). The lowest BCUT2D eigenvalue weighted by Gasteiger charge is -1.94. The Labute approximate surface area is 90.7 Å². The highest BCUT2D eigenvalue weighted by Crippen LogP contribution is 2.27. The molecule has 0 fully saturated rings. The molecule has 0 atom stereocenters. The second-order valence-electron chi connectivity index (χ2n) is 3.35. The summed E-state index contributed by atoms with van der Waals surface area (Å²) in [4.78, 5) is 8.52. The van der Waals surface area contributed by atoms with Gasteiger partial charge in [-0.25, -0.2) is 4.98 Å². The van der Waals surface area contributed by atoms with Crippen molar-refractivity contribution in [1.29, 1.82) is 0 Å². The van der Waals surface area contributed by atoms with E-state index in [0.29, 0.717) is 10.9 Å². The van der Waals surface area contributed by atoms with E-state index in [1.165, 1.54) is 0 Å². The molecule has 0 bridgehead atoms. The number of hydrogen-bond acceptors (Lipinski definition) is 3. The number of rotatable bonds is 0. The molecular formula is C11H7ClN2O. The van der Waals surface area contributed by atoms with Crippen LogP contribution in [0.25, 0.3) is 22.2 Å². The molecule has 15 heavy (non-hydrogen) atoms. The first-order valence-electron chi connectivity index (χ1n) is 4.57. The molecule has 3 nitrogen and oxygen atoms in total. The van der Waals surface area contributed by atoms with Gasteiger partial charge >= 0.3 is 0 Å². The fourth-order valence-electron chi connectivity index (χ4n) is 1.59. The van der Waals surface area contributed by atoms with Crippen LogP contribution < -0.4 is 0 Å². The highest BCUT2D eigenvalue weighted by molar-refractivity contribution is 6.30. The van der Waals surface area contributed by atoms with Crippen molar-refractivity contribution in [3.05, 3.63) is 35.1 Å². The molecule has 0 radical (unpaired) electrons. The molecule has 0 amide bonds. The topological polar surface area (TPSA) is 38.9 Å². The number of furan rings is 1. The van der Waals surface area contributed by atoms with Crippen molar-refractivity contribution < 1.29 is 4.42 Å². The minimum Gasteiger partial charge on any atom is -0.436 e. The Hall–Kier alpha value is -1.61. The Morgan fingerprint density at radius 3 is 2.87 bits per heavy atom. The number of para-hydroxylation sites is 1. The van der Waals surface area contributed by atoms with Gasteiger partial charge in [0.15, 0.2) is 5.15 Å². The van der Waals surface area contributed by atoms with Gasteiger partial charge in [0.2, 0.25) is 5.71 Å². The van der Waals surface area contributed by atoms with Crippen LogP contribution in [0.4, 0.5) is 0 Å². The molecule has 0 aliphatic rings. The number of hydrogen-bond donors (Lipinski definition) is 0. The van der Waals surface area contributed by atoms with Crippen LogP contribution >= 0.6 is 11.6 Å². The van der Waals surface area contributed by atoms with Gasteiger partial charge in [0.25, 0.3) is 0 Å². The monoisotopic (exact) mass is 218 g/mol. The zero-order valence-corrected chi connectivity index (χ0v) is 8.75. The SMILES string of the molecule is Cc1nc2c(nc1Cl)oc1ccccc12. The molecule has 0 unspecified atom stereocenters. The molecule has 74 valence electrons. The van der Waals surface area contributed by atoms with Crippen molar-refractivity contribution in [3.8, 4) is 0 Å². The largest absolute Gasteiger partial charge is 0.436 e. The van der Waals surface area contributed by atoms with Crippen molar-refractivity contribution in [3.63, 3.8) is 0 Å². The van der Waals surface area contributed by atoms with Gasteiger partial charge in [-0.05, 0) is 19.1 Å². The van der Waals surface area contributed by atoms with Crippen molar-refractivity contribution in [1.82, 2.24) is 9.97 Å². The fourth-order valence-corrected chi connectivity index (χ4v) is 1.71. The second kappa shape index (κ2) is 2.94. The van der Waals surface area contributed by atoms with E-state index in [-0.39, 0.29) is 0 Å². The molecule has 0 aliphatic carbocycles. The molecule has 0 saturated heterocycles. The third-order valence-electron chi connectivity index (χ3n) is 2.33. The summed E-state index contributed by atoms with van der Waals surface area (Å²) in [6, 6.07) is 7.72. The summed E-state index contributed by atoms with van der Waals surface area (Å²) in [7, 11) is 0. The Morgan fingerprint density at radius 2 is 2.00 bits per heavy atom. The quantitative estimate of drug-likeness (QED) is 0.581. The van der Waals surface area contributed by atoms with E-state index in [2.05, 4.69) is 9.97 Å². The van der Waals surface area contributed by atoms with E-state index in [0.717, 1.165) is 22.2 Å². The summed E-state index contributed by atoms with van der Waals surface area (Å²) >= 11 is 5.88. The van der Waals surface area contributed by atoms with Gasteiger partial charge in [0.1, 0.15) is 11.1 Å². The lowest BCUT2D eigenvalue weighted by atomic mass is 10.2. The Kier molecular flexibility index (Phi) is 1.70. The predicted octanol–water partition coefficient (Wildman–Crippen LogP) is 3.34. The highest BCUT2D eigenvalue weighted by atomic mass is 35.5. The van der Waals surface area contributed by atoms with E-state index in [9.17, 15) is 0 Å². The zero-order chi connectivity index (χ0) is 10.4. The van der Waals surface area contributed by atoms with Gasteiger partial charge < -0.3 is 4.42 Å². The number of benzene rings is 1. The summed E-state index contributed by atoms with van der Waals surface area (Å²) in [5, 5.41) is 1.36. The minimum atomic E-state index is 0.390. The number of aromatic nitrogens is 2. The molecule has 0 spiro atoms. The average molecular weight is 219 g/mol. The molecular weight excluding hydrogens is 212 g/mol. The standard InChI is InChI=1S/C11H7ClN2O/c1-6-10(12)14-11-9(13-6)7-4-2-3-5-8(7)15-11/h2-5H,1H3. The van der Waals surface area contributed by atoms with Gasteiger partial charge in [-0.3, -0.25) is 0 Å². The van der Waals surface area contributed by atoms with Gasteiger partial charge in [-0.2, -0.15) is 4.98 Å². The first kappa shape index (κ1) is 8.68. The summed E-state index contributed by atoms with van der Waals surface area (Å²) < 4.78 is 5.53. The van der Waals surface area contributed by atoms with E-state index in [1.54, 1.807) is 0 Å². The Bertz CT molecular complexity index is 660. The number of aryl methyl sites for hydroxylation is 1. The molecule has 2 aromatic heterocycles. The van der Waals surface area contributed by atoms with Crippen molar-refractivity contribution >= 4 is 33.8 Å². The van der Waals surface area contributed by atoms with Gasteiger partial charge in [-0.15, -0.1) is 0 Å². The molecule has 2 heterocycles. The van der Waals surface area contributed by atoms with Gasteiger partial charge in [0, 0.05) is 5.39 Å². The first-order chi connectivity index (χ1) is 7.25. The number of halogens is 1. The van der Waals surface area contributed by atoms with Crippen LogP contribution in [0.2, 0.25) is 5.15 Å². The van der Waals surface area contributed by atoms with E-state index in [4.69, 9.17) is 16.0 Å². The van der Waals surface area contributed by atoms with E-state index in [1.807, 2.05) is 31.2 Å². The maximum absolute atomic E-state index is 5.88. The van der Waals surface area contributed by atoms with E-state index >= 15 is 0 Å². The molecule has 1 aromatic carbocycles. The lowest BCUT2D eigenvalue weighted by molar-refractivity contribution is 0.652. The third-order valence-corrected chi connectivity index (χ3v) is 2.69. The van der Waals surface area contributed by atoms with Crippen molar-refractivity contribution in [2.75, 3.05) is 0 Å². The molecule has 3 aromatic rings. The van der Waals surface area contributed by atoms with Crippen LogP contribution in [0.15, 0.2) is 28.7 Å². The average Bonchev–Trinajstić information content (AvgIpc) is 2.57. The van der Waals surface area contributed by atoms with Crippen LogP contribution in [0.3, 0.4) is 0 Å². The van der Waals surface area contributed by atoms with E-state index < -0.39 is 0 Å². The predicted molar refractivity (Wildman–Crippen MR) is 59.1 cm³/mol. The van der Waals surface area contributed by atoms with Gasteiger partial charge in [0.05, 0.1) is 5.69 Å². The summed E-state index contributed by atoms with van der Waals surface area (Å²) in [5.41, 5.74) is 2.77. The normalized spacial score (nSPS) is 11.3. The highest BCUT2D eigenvalue weighted by Gasteiger charge is 2.10. The maximum Gasteiger partial charge on any atom is 0.247 e. The Balaban J connectivity index is 2.56. The number of nitrogens with zero attached hydrogens (tertiary/aromatic N) is 2. The number of fused-ring (bicyclic) bond motifs is 3. The van der Waals surface area contributed by atoms with Crippen LogP contribution in [-0.4, -0.2) is 9.97 Å². The molecule has 0 aliphatic heterocycles. The lowest BCUT2D eigenvalue weighted by Crippen LogP contribution is -1.86. The smallest absolute Gasteiger partial charge is 0.247 e. The van der Waals surface area contributed by atoms with Crippen molar-refractivity contribution in [2.45, 2.75) is 6.92 Å². The molecule has 0 N–H and O–H groups in total. The summed E-state index contributed by atoms with van der Waals surface area (Å²) in [6.45, 7) is 1.83. The third kappa shape index (κ3) is 1.20. The van der Waals surface area contributed by atoms with Crippen LogP contribution in [0.5, 0.6) is 0 Å². The molecule has 4 heteroatoms. The summed E-state index contributed by atoms with van der Waals surface area (Å²) in [6.07, 6.45) is 0. The van der Waals surface area contributed by atoms with Crippen LogP contribution in [0.1, 0.15) is 5.69 Å². The molecule has 0 saturated carbocycles. The fraction of sp³-hybridized carbons (Fsp3) is 0.0909. The zero-order valence-electron chi connectivity index (χ0n) is 7.99. The maximum atomic E-state index is 5.88. The van der Waals surface area contributed by atoms with Crippen molar-refractivity contribution in [2.24, 2.45) is 0 Å². The first-order valence-corrected chi connectivity index (χ1v) is 4.95. The Morgan fingerprint density at radius 1 is 1.20 bits per heavy atom.